The standard InChI is InChI=1S/C24H24O6/c1-5-28-20-8-6-17(12-22(20)27-4)7-9-23(25)29-14-18-13-24(26)30-21-11-16(3)15(2)10-19(18)21/h6-13H,5,14H2,1-4H3/b9-7+. The van der Waals surface area contributed by atoms with Gasteiger partial charge in [0.25, 0.3) is 0 Å². The van der Waals surface area contributed by atoms with E-state index in [2.05, 4.69) is 0 Å². The quantitative estimate of drug-likeness (QED) is 0.324. The highest BCUT2D eigenvalue weighted by Gasteiger charge is 2.10. The SMILES string of the molecule is CCOc1ccc(/C=C/C(=O)OCc2cc(=O)oc3cc(C)c(C)cc23)cc1OC. The van der Waals surface area contributed by atoms with Gasteiger partial charge in [0.05, 0.1) is 13.7 Å². The van der Waals surface area contributed by atoms with Gasteiger partial charge in [-0.2, -0.15) is 0 Å². The topological polar surface area (TPSA) is 75.0 Å². The van der Waals surface area contributed by atoms with Crippen LogP contribution in [0.4, 0.5) is 0 Å². The third-order valence-corrected chi connectivity index (χ3v) is 4.71. The lowest BCUT2D eigenvalue weighted by Gasteiger charge is -2.09. The first-order chi connectivity index (χ1) is 14.4. The van der Waals surface area contributed by atoms with Crippen molar-refractivity contribution in [1.82, 2.24) is 0 Å². The van der Waals surface area contributed by atoms with Crippen LogP contribution in [0, 0.1) is 13.8 Å². The summed E-state index contributed by atoms with van der Waals surface area (Å²) in [6.45, 7) is 6.32. The molecule has 2 aromatic carbocycles. The number of hydrogen-bond acceptors (Lipinski definition) is 6. The van der Waals surface area contributed by atoms with Gasteiger partial charge in [0.2, 0.25) is 0 Å². The molecule has 1 aromatic heterocycles. The molecule has 156 valence electrons. The molecule has 0 amide bonds. The fourth-order valence-corrected chi connectivity index (χ4v) is 3.03. The smallest absolute Gasteiger partial charge is 0.336 e. The Morgan fingerprint density at radius 1 is 1.07 bits per heavy atom. The van der Waals surface area contributed by atoms with E-state index in [4.69, 9.17) is 18.6 Å². The van der Waals surface area contributed by atoms with Gasteiger partial charge in [-0.15, -0.1) is 0 Å². The van der Waals surface area contributed by atoms with Gasteiger partial charge in [-0.3, -0.25) is 0 Å². The van der Waals surface area contributed by atoms with Crippen LogP contribution in [0.2, 0.25) is 0 Å². The minimum atomic E-state index is -0.520. The minimum Gasteiger partial charge on any atom is -0.493 e. The zero-order chi connectivity index (χ0) is 21.7. The fourth-order valence-electron chi connectivity index (χ4n) is 3.03. The minimum absolute atomic E-state index is 0.0274. The lowest BCUT2D eigenvalue weighted by atomic mass is 10.0. The molecule has 1 heterocycles. The van der Waals surface area contributed by atoms with E-state index in [1.165, 1.54) is 12.1 Å². The predicted octanol–water partition coefficient (Wildman–Crippen LogP) is 4.57. The molecule has 0 bridgehead atoms. The maximum Gasteiger partial charge on any atom is 0.336 e. The van der Waals surface area contributed by atoms with E-state index in [1.54, 1.807) is 25.3 Å². The van der Waals surface area contributed by atoms with E-state index < -0.39 is 11.6 Å². The van der Waals surface area contributed by atoms with Crippen LogP contribution in [0.15, 0.2) is 51.7 Å². The zero-order valence-corrected chi connectivity index (χ0v) is 17.5. The summed E-state index contributed by atoms with van der Waals surface area (Å²) in [5.41, 5.74) is 3.46. The Labute approximate surface area is 174 Å². The third-order valence-electron chi connectivity index (χ3n) is 4.71. The summed E-state index contributed by atoms with van der Waals surface area (Å²) in [7, 11) is 1.56. The third kappa shape index (κ3) is 4.89. The summed E-state index contributed by atoms with van der Waals surface area (Å²) in [6.07, 6.45) is 2.96. The maximum absolute atomic E-state index is 12.2. The first-order valence-electron chi connectivity index (χ1n) is 9.61. The molecule has 3 rings (SSSR count). The van der Waals surface area contributed by atoms with Crippen molar-refractivity contribution >= 4 is 23.0 Å². The van der Waals surface area contributed by atoms with Gasteiger partial charge in [0.1, 0.15) is 12.2 Å². The van der Waals surface area contributed by atoms with Crippen molar-refractivity contribution in [2.45, 2.75) is 27.4 Å². The van der Waals surface area contributed by atoms with Gasteiger partial charge in [-0.05, 0) is 67.8 Å². The van der Waals surface area contributed by atoms with Crippen molar-refractivity contribution in [2.75, 3.05) is 13.7 Å². The van der Waals surface area contributed by atoms with E-state index in [9.17, 15) is 9.59 Å². The van der Waals surface area contributed by atoms with Crippen molar-refractivity contribution in [3.05, 3.63) is 75.1 Å². The van der Waals surface area contributed by atoms with Crippen LogP contribution in [0.1, 0.15) is 29.2 Å². The van der Waals surface area contributed by atoms with Crippen molar-refractivity contribution in [3.8, 4) is 11.5 Å². The number of carbonyl (C=O) groups excluding carboxylic acids is 1. The van der Waals surface area contributed by atoms with Crippen LogP contribution in [-0.4, -0.2) is 19.7 Å². The van der Waals surface area contributed by atoms with Crippen LogP contribution in [0.3, 0.4) is 0 Å². The molecule has 0 unspecified atom stereocenters. The highest BCUT2D eigenvalue weighted by atomic mass is 16.5. The number of esters is 1. The summed E-state index contributed by atoms with van der Waals surface area (Å²) < 4.78 is 21.4. The second-order valence-corrected chi connectivity index (χ2v) is 6.81. The monoisotopic (exact) mass is 408 g/mol. The zero-order valence-electron chi connectivity index (χ0n) is 17.5. The summed E-state index contributed by atoms with van der Waals surface area (Å²) in [6, 6.07) is 10.5. The van der Waals surface area contributed by atoms with Crippen LogP contribution in [-0.2, 0) is 16.1 Å². The Hall–Kier alpha value is -3.54. The molecule has 30 heavy (non-hydrogen) atoms. The molecule has 0 spiro atoms. The van der Waals surface area contributed by atoms with Crippen molar-refractivity contribution in [2.24, 2.45) is 0 Å². The van der Waals surface area contributed by atoms with Crippen molar-refractivity contribution < 1.29 is 23.4 Å². The number of methoxy groups -OCH3 is 1. The molecule has 0 aliphatic carbocycles. The molecule has 0 fully saturated rings. The maximum atomic E-state index is 12.2. The summed E-state index contributed by atoms with van der Waals surface area (Å²) in [4.78, 5) is 24.0. The molecule has 0 atom stereocenters. The summed E-state index contributed by atoms with van der Waals surface area (Å²) in [5.74, 6) is 0.702. The molecule has 0 saturated carbocycles. The fraction of sp³-hybridized carbons (Fsp3) is 0.250. The number of fused-ring (bicyclic) bond motifs is 1. The van der Waals surface area contributed by atoms with E-state index in [-0.39, 0.29) is 6.61 Å². The van der Waals surface area contributed by atoms with Crippen molar-refractivity contribution in [3.63, 3.8) is 0 Å². The number of benzene rings is 2. The van der Waals surface area contributed by atoms with Gasteiger partial charge in [0, 0.05) is 23.1 Å². The normalized spacial score (nSPS) is 11.1. The number of hydrogen-bond donors (Lipinski definition) is 0. The predicted molar refractivity (Wildman–Crippen MR) is 115 cm³/mol. The van der Waals surface area contributed by atoms with Crippen LogP contribution < -0.4 is 15.1 Å². The second kappa shape index (κ2) is 9.31. The van der Waals surface area contributed by atoms with E-state index in [1.807, 2.05) is 39.0 Å². The highest BCUT2D eigenvalue weighted by Crippen LogP contribution is 2.28. The molecule has 0 radical (unpaired) electrons. The van der Waals surface area contributed by atoms with Gasteiger partial charge < -0.3 is 18.6 Å². The van der Waals surface area contributed by atoms with Crippen molar-refractivity contribution in [1.29, 1.82) is 0 Å². The Bertz CT molecular complexity index is 1160. The van der Waals surface area contributed by atoms with E-state index >= 15 is 0 Å². The Balaban J connectivity index is 1.73. The van der Waals surface area contributed by atoms with E-state index in [0.717, 1.165) is 22.1 Å². The number of aryl methyl sites for hydroxylation is 2. The largest absolute Gasteiger partial charge is 0.493 e. The Morgan fingerprint density at radius 3 is 2.57 bits per heavy atom. The Morgan fingerprint density at radius 2 is 1.83 bits per heavy atom. The van der Waals surface area contributed by atoms with Gasteiger partial charge >= 0.3 is 11.6 Å². The number of carbonyl (C=O) groups is 1. The van der Waals surface area contributed by atoms with Crippen LogP contribution >= 0.6 is 0 Å². The summed E-state index contributed by atoms with van der Waals surface area (Å²) >= 11 is 0. The lowest BCUT2D eigenvalue weighted by Crippen LogP contribution is -2.06. The van der Waals surface area contributed by atoms with Crippen LogP contribution in [0.25, 0.3) is 17.0 Å². The lowest BCUT2D eigenvalue weighted by molar-refractivity contribution is -0.138. The molecular formula is C24H24O6. The van der Waals surface area contributed by atoms with Crippen LogP contribution in [0.5, 0.6) is 11.5 Å². The molecule has 6 heteroatoms. The Kier molecular flexibility index (Phi) is 6.57. The molecular weight excluding hydrogens is 384 g/mol. The second-order valence-electron chi connectivity index (χ2n) is 6.81. The number of ether oxygens (including phenoxy) is 3. The van der Waals surface area contributed by atoms with Gasteiger partial charge in [0.15, 0.2) is 11.5 Å². The molecule has 0 aliphatic heterocycles. The molecule has 0 aliphatic rings. The van der Waals surface area contributed by atoms with E-state index in [0.29, 0.717) is 29.3 Å². The first-order valence-corrected chi connectivity index (χ1v) is 9.61. The average Bonchev–Trinajstić information content (AvgIpc) is 2.72. The average molecular weight is 408 g/mol. The highest BCUT2D eigenvalue weighted by molar-refractivity contribution is 5.87. The number of rotatable bonds is 7. The molecule has 6 nitrogen and oxygen atoms in total. The van der Waals surface area contributed by atoms with Gasteiger partial charge in [-0.1, -0.05) is 6.07 Å². The first kappa shape index (κ1) is 21.2. The molecule has 0 N–H and O–H groups in total. The molecule has 3 aromatic rings. The van der Waals surface area contributed by atoms with Gasteiger partial charge in [-0.25, -0.2) is 9.59 Å². The summed E-state index contributed by atoms with van der Waals surface area (Å²) in [5, 5.41) is 0.755. The molecule has 0 saturated heterocycles.